The maximum absolute atomic E-state index is 5.71. The molecule has 0 rings (SSSR count). The van der Waals surface area contributed by atoms with Crippen molar-refractivity contribution in [1.29, 1.82) is 0 Å². The van der Waals surface area contributed by atoms with Gasteiger partial charge in [0.2, 0.25) is 0 Å². The minimum atomic E-state index is -1.32. The summed E-state index contributed by atoms with van der Waals surface area (Å²) in [6, 6.07) is 0. The van der Waals surface area contributed by atoms with Gasteiger partial charge in [0.05, 0.1) is 13.2 Å². The lowest BCUT2D eigenvalue weighted by Crippen LogP contribution is -2.11. The molecule has 0 heterocycles. The summed E-state index contributed by atoms with van der Waals surface area (Å²) in [5.41, 5.74) is 1.30. The summed E-state index contributed by atoms with van der Waals surface area (Å²) in [5, 5.41) is 0. The summed E-state index contributed by atoms with van der Waals surface area (Å²) in [5.74, 6) is 0.678. The van der Waals surface area contributed by atoms with Crippen LogP contribution < -0.4 is 0 Å². The minimum Gasteiger partial charge on any atom is -0.430 e. The molecule has 0 aliphatic heterocycles. The molecule has 0 bridgehead atoms. The van der Waals surface area contributed by atoms with E-state index in [-0.39, 0.29) is 5.41 Å². The van der Waals surface area contributed by atoms with Crippen LogP contribution in [0.25, 0.3) is 0 Å². The van der Waals surface area contributed by atoms with Gasteiger partial charge in [-0.2, -0.15) is 0 Å². The maximum atomic E-state index is 5.71. The van der Waals surface area contributed by atoms with Gasteiger partial charge in [-0.05, 0) is 13.8 Å². The van der Waals surface area contributed by atoms with Crippen molar-refractivity contribution in [2.75, 3.05) is 13.2 Å². The molecular weight excluding hydrogens is 235 g/mol. The molecule has 3 nitrogen and oxygen atoms in total. The van der Waals surface area contributed by atoms with E-state index in [1.54, 1.807) is 0 Å². The van der Waals surface area contributed by atoms with Crippen molar-refractivity contribution < 1.29 is 13.6 Å². The molecular formula is C10H20ClO3P. The Balaban J connectivity index is 4.36. The van der Waals surface area contributed by atoms with Crippen LogP contribution in [0, 0.1) is 5.41 Å². The third-order valence-corrected chi connectivity index (χ3v) is 2.96. The first kappa shape index (κ1) is 15.2. The monoisotopic (exact) mass is 254 g/mol. The Kier molecular flexibility index (Phi) is 7.54. The van der Waals surface area contributed by atoms with Crippen LogP contribution in [0.15, 0.2) is 11.3 Å². The van der Waals surface area contributed by atoms with E-state index in [1.165, 1.54) is 5.54 Å². The lowest BCUT2D eigenvalue weighted by molar-refractivity contribution is 0.176. The zero-order valence-electron chi connectivity index (χ0n) is 10.0. The number of allylic oxidation sites excluding steroid dienone is 1. The van der Waals surface area contributed by atoms with Crippen molar-refractivity contribution in [2.45, 2.75) is 34.6 Å². The number of halogens is 1. The molecule has 0 amide bonds. The van der Waals surface area contributed by atoms with E-state index < -0.39 is 8.60 Å². The highest BCUT2D eigenvalue weighted by atomic mass is 35.5. The highest BCUT2D eigenvalue weighted by molar-refractivity contribution is 7.41. The van der Waals surface area contributed by atoms with Gasteiger partial charge in [0.15, 0.2) is 0 Å². The second-order valence-corrected chi connectivity index (χ2v) is 5.24. The minimum absolute atomic E-state index is 0.142. The molecule has 0 spiro atoms. The van der Waals surface area contributed by atoms with Crippen LogP contribution in [0.3, 0.4) is 0 Å². The van der Waals surface area contributed by atoms with Crippen molar-refractivity contribution >= 4 is 20.2 Å². The predicted octanol–water partition coefficient (Wildman–Crippen LogP) is 4.43. The van der Waals surface area contributed by atoms with Crippen molar-refractivity contribution in [3.63, 3.8) is 0 Å². The topological polar surface area (TPSA) is 27.7 Å². The largest absolute Gasteiger partial charge is 0.430 e. The molecule has 0 aromatic heterocycles. The fourth-order valence-corrected chi connectivity index (χ4v) is 2.22. The van der Waals surface area contributed by atoms with Gasteiger partial charge in [-0.3, -0.25) is 0 Å². The SMILES string of the molecule is CCOP(OCC)O/C(=C\Cl)C(C)(C)C. The van der Waals surface area contributed by atoms with Crippen LogP contribution in [-0.2, 0) is 13.6 Å². The highest BCUT2D eigenvalue weighted by Crippen LogP contribution is 2.45. The van der Waals surface area contributed by atoms with Crippen molar-refractivity contribution in [2.24, 2.45) is 5.41 Å². The fraction of sp³-hybridized carbons (Fsp3) is 0.800. The predicted molar refractivity (Wildman–Crippen MR) is 64.6 cm³/mol. The summed E-state index contributed by atoms with van der Waals surface area (Å²) >= 11 is 5.71. The molecule has 0 aliphatic rings. The Labute approximate surface area is 98.7 Å². The quantitative estimate of drug-likeness (QED) is 0.518. The number of hydrogen-bond acceptors (Lipinski definition) is 3. The molecule has 0 aromatic rings. The molecule has 0 atom stereocenters. The third-order valence-electron chi connectivity index (χ3n) is 1.48. The summed E-state index contributed by atoms with van der Waals surface area (Å²) in [6.07, 6.45) is 0. The normalized spacial score (nSPS) is 13.4. The van der Waals surface area contributed by atoms with Crippen LogP contribution in [0.1, 0.15) is 34.6 Å². The van der Waals surface area contributed by atoms with Crippen molar-refractivity contribution in [3.8, 4) is 0 Å². The molecule has 0 aromatic carbocycles. The first-order valence-electron chi connectivity index (χ1n) is 5.00. The van der Waals surface area contributed by atoms with Gasteiger partial charge in [0.25, 0.3) is 0 Å². The first-order chi connectivity index (χ1) is 6.95. The lowest BCUT2D eigenvalue weighted by Gasteiger charge is -2.25. The van der Waals surface area contributed by atoms with Crippen LogP contribution in [-0.4, -0.2) is 13.2 Å². The lowest BCUT2D eigenvalue weighted by atomic mass is 9.95. The third kappa shape index (κ3) is 6.36. The Morgan fingerprint density at radius 3 is 1.93 bits per heavy atom. The molecule has 90 valence electrons. The van der Waals surface area contributed by atoms with Crippen LogP contribution in [0.2, 0.25) is 0 Å². The van der Waals surface area contributed by atoms with Crippen LogP contribution in [0.5, 0.6) is 0 Å². The van der Waals surface area contributed by atoms with E-state index in [2.05, 4.69) is 0 Å². The molecule has 0 unspecified atom stereocenters. The molecule has 15 heavy (non-hydrogen) atoms. The average molecular weight is 255 g/mol. The molecule has 0 fully saturated rings. The summed E-state index contributed by atoms with van der Waals surface area (Å²) in [7, 11) is -1.32. The van der Waals surface area contributed by atoms with Crippen molar-refractivity contribution in [3.05, 3.63) is 11.3 Å². The molecule has 0 N–H and O–H groups in total. The zero-order chi connectivity index (χ0) is 11.9. The van der Waals surface area contributed by atoms with Gasteiger partial charge in [-0.1, -0.05) is 32.4 Å². The molecule has 0 saturated heterocycles. The van der Waals surface area contributed by atoms with E-state index in [1.807, 2.05) is 34.6 Å². The van der Waals surface area contributed by atoms with E-state index in [0.717, 1.165) is 0 Å². The standard InChI is InChI=1S/C10H20ClO3P/c1-6-12-15(13-7-2)14-9(8-11)10(3,4)5/h8H,6-7H2,1-5H3/b9-8-. The molecule has 0 aliphatic carbocycles. The van der Waals surface area contributed by atoms with Gasteiger partial charge in [-0.15, -0.1) is 0 Å². The Hall–Kier alpha value is 0.180. The van der Waals surface area contributed by atoms with Gasteiger partial charge >= 0.3 is 8.60 Å². The summed E-state index contributed by atoms with van der Waals surface area (Å²) in [4.78, 5) is 0. The summed E-state index contributed by atoms with van der Waals surface area (Å²) < 4.78 is 16.3. The highest BCUT2D eigenvalue weighted by Gasteiger charge is 2.24. The summed E-state index contributed by atoms with van der Waals surface area (Å²) in [6.45, 7) is 11.0. The van der Waals surface area contributed by atoms with Gasteiger partial charge < -0.3 is 13.6 Å². The second-order valence-electron chi connectivity index (χ2n) is 3.87. The fourth-order valence-electron chi connectivity index (χ4n) is 0.702. The Bertz CT molecular complexity index is 195. The van der Waals surface area contributed by atoms with Crippen LogP contribution >= 0.6 is 20.2 Å². The average Bonchev–Trinajstić information content (AvgIpc) is 2.12. The number of hydrogen-bond donors (Lipinski definition) is 0. The van der Waals surface area contributed by atoms with E-state index >= 15 is 0 Å². The second kappa shape index (κ2) is 7.45. The van der Waals surface area contributed by atoms with Gasteiger partial charge in [-0.25, -0.2) is 0 Å². The Morgan fingerprint density at radius 2 is 1.67 bits per heavy atom. The van der Waals surface area contributed by atoms with Gasteiger partial charge in [0.1, 0.15) is 5.76 Å². The van der Waals surface area contributed by atoms with E-state index in [9.17, 15) is 0 Å². The van der Waals surface area contributed by atoms with E-state index in [0.29, 0.717) is 19.0 Å². The van der Waals surface area contributed by atoms with Crippen LogP contribution in [0.4, 0.5) is 0 Å². The van der Waals surface area contributed by atoms with Gasteiger partial charge in [0, 0.05) is 11.0 Å². The number of rotatable bonds is 6. The Morgan fingerprint density at radius 1 is 1.20 bits per heavy atom. The molecule has 0 radical (unpaired) electrons. The zero-order valence-corrected chi connectivity index (χ0v) is 11.7. The van der Waals surface area contributed by atoms with Crippen molar-refractivity contribution in [1.82, 2.24) is 0 Å². The first-order valence-corrected chi connectivity index (χ1v) is 6.53. The molecule has 5 heteroatoms. The smallest absolute Gasteiger partial charge is 0.396 e. The maximum Gasteiger partial charge on any atom is 0.396 e. The van der Waals surface area contributed by atoms with E-state index in [4.69, 9.17) is 25.2 Å². The molecule has 0 saturated carbocycles.